The molecule has 0 spiro atoms. The lowest BCUT2D eigenvalue weighted by Crippen LogP contribution is -2.25. The summed E-state index contributed by atoms with van der Waals surface area (Å²) in [7, 11) is -4.59. The minimum absolute atomic E-state index is 0.0183. The van der Waals surface area contributed by atoms with E-state index in [1.54, 1.807) is 12.1 Å². The van der Waals surface area contributed by atoms with Gasteiger partial charge in [0.05, 0.1) is 11.4 Å². The highest BCUT2D eigenvalue weighted by molar-refractivity contribution is 9.10. The van der Waals surface area contributed by atoms with E-state index in [4.69, 9.17) is 11.6 Å². The summed E-state index contributed by atoms with van der Waals surface area (Å²) in [5.41, 5.74) is 0.397. The average Bonchev–Trinajstić information content (AvgIpc) is 2.56. The van der Waals surface area contributed by atoms with Crippen molar-refractivity contribution in [2.75, 3.05) is 17.2 Å². The second-order valence-electron chi connectivity index (χ2n) is 4.22. The lowest BCUT2D eigenvalue weighted by Gasteiger charge is -2.17. The summed E-state index contributed by atoms with van der Waals surface area (Å²) in [6.45, 7) is 0.116. The molecule has 9 heteroatoms. The summed E-state index contributed by atoms with van der Waals surface area (Å²) >= 11 is 9.07. The van der Waals surface area contributed by atoms with E-state index in [1.165, 1.54) is 4.90 Å². The maximum absolute atomic E-state index is 12.6. The van der Waals surface area contributed by atoms with Crippen LogP contribution < -0.4 is 4.90 Å². The molecule has 0 bridgehead atoms. The molecule has 1 aromatic rings. The molecule has 0 radical (unpaired) electrons. The number of aromatic nitrogens is 1. The van der Waals surface area contributed by atoms with Gasteiger partial charge in [0, 0.05) is 18.9 Å². The van der Waals surface area contributed by atoms with Crippen molar-refractivity contribution in [3.05, 3.63) is 21.9 Å². The Balaban J connectivity index is 2.20. The van der Waals surface area contributed by atoms with E-state index < -0.39 is 21.9 Å². The monoisotopic (exact) mass is 370 g/mol. The fourth-order valence-electron chi connectivity index (χ4n) is 2.01. The first-order valence-corrected chi connectivity index (χ1v) is 8.03. The van der Waals surface area contributed by atoms with E-state index in [2.05, 4.69) is 20.9 Å². The van der Waals surface area contributed by atoms with Crippen LogP contribution in [0.3, 0.4) is 0 Å². The van der Waals surface area contributed by atoms with E-state index >= 15 is 0 Å². The number of carbonyl (C=O) groups is 1. The molecule has 0 saturated carbocycles. The highest BCUT2D eigenvalue weighted by Crippen LogP contribution is 2.31. The normalized spacial score (nSPS) is 20.1. The Bertz CT molecular complexity index is 625. The molecule has 1 aromatic heterocycles. The van der Waals surface area contributed by atoms with Gasteiger partial charge in [-0.2, -0.15) is 8.42 Å². The second kappa shape index (κ2) is 5.34. The van der Waals surface area contributed by atoms with Gasteiger partial charge in [0.15, 0.2) is 5.15 Å². The first-order valence-electron chi connectivity index (χ1n) is 5.31. The molecule has 0 aliphatic carbocycles. The molecule has 1 saturated heterocycles. The van der Waals surface area contributed by atoms with Gasteiger partial charge >= 0.3 is 10.2 Å². The number of amides is 1. The topological polar surface area (TPSA) is 67.3 Å². The van der Waals surface area contributed by atoms with Gasteiger partial charge in [-0.25, -0.2) is 4.98 Å². The van der Waals surface area contributed by atoms with Crippen LogP contribution in [0.2, 0.25) is 5.15 Å². The molecule has 5 nitrogen and oxygen atoms in total. The number of rotatable bonds is 3. The van der Waals surface area contributed by atoms with Crippen LogP contribution in [0.4, 0.5) is 9.57 Å². The Morgan fingerprint density at radius 1 is 1.53 bits per heavy atom. The molecule has 0 aromatic carbocycles. The molecular formula is C10H9BrClFN2O3S. The van der Waals surface area contributed by atoms with Crippen LogP contribution in [-0.2, 0) is 15.0 Å². The zero-order valence-corrected chi connectivity index (χ0v) is 12.7. The van der Waals surface area contributed by atoms with Gasteiger partial charge in [0.1, 0.15) is 4.60 Å². The standard InChI is InChI=1S/C10H9BrClFN2O3S/c11-8-2-1-7(10(12)14-8)15-4-6(3-9(15)16)5-19(13,17)18/h1-2,6H,3-5H2. The maximum atomic E-state index is 12.6. The average molecular weight is 372 g/mol. The lowest BCUT2D eigenvalue weighted by atomic mass is 10.1. The van der Waals surface area contributed by atoms with Crippen LogP contribution in [0.1, 0.15) is 6.42 Å². The van der Waals surface area contributed by atoms with Gasteiger partial charge < -0.3 is 4.90 Å². The summed E-state index contributed by atoms with van der Waals surface area (Å²) < 4.78 is 34.4. The number of halogens is 3. The molecule has 1 amide bonds. The first-order chi connectivity index (χ1) is 8.76. The Morgan fingerprint density at radius 3 is 2.79 bits per heavy atom. The zero-order valence-electron chi connectivity index (χ0n) is 9.51. The largest absolute Gasteiger partial charge is 0.309 e. The smallest absolute Gasteiger partial charge is 0.302 e. The van der Waals surface area contributed by atoms with Crippen molar-refractivity contribution in [2.45, 2.75) is 6.42 Å². The molecule has 104 valence electrons. The van der Waals surface area contributed by atoms with E-state index in [1.807, 2.05) is 0 Å². The molecule has 1 unspecified atom stereocenters. The van der Waals surface area contributed by atoms with E-state index in [9.17, 15) is 17.1 Å². The Hall–Kier alpha value is -0.730. The highest BCUT2D eigenvalue weighted by atomic mass is 79.9. The fraction of sp³-hybridized carbons (Fsp3) is 0.400. The molecule has 0 N–H and O–H groups in total. The van der Waals surface area contributed by atoms with E-state index in [-0.39, 0.29) is 24.0 Å². The van der Waals surface area contributed by atoms with Crippen LogP contribution in [0.15, 0.2) is 16.7 Å². The third-order valence-electron chi connectivity index (χ3n) is 2.73. The van der Waals surface area contributed by atoms with Crippen molar-refractivity contribution in [2.24, 2.45) is 5.92 Å². The quantitative estimate of drug-likeness (QED) is 0.603. The summed E-state index contributed by atoms with van der Waals surface area (Å²) in [6.07, 6.45) is -0.0183. The Labute approximate surface area is 123 Å². The van der Waals surface area contributed by atoms with Crippen LogP contribution in [0.25, 0.3) is 0 Å². The number of carbonyl (C=O) groups excluding carboxylic acids is 1. The SMILES string of the molecule is O=C1CC(CS(=O)(=O)F)CN1c1ccc(Br)nc1Cl. The van der Waals surface area contributed by atoms with Crippen molar-refractivity contribution >= 4 is 49.3 Å². The molecule has 2 rings (SSSR count). The van der Waals surface area contributed by atoms with E-state index in [0.717, 1.165) is 0 Å². The molecular weight excluding hydrogens is 363 g/mol. The fourth-order valence-corrected chi connectivity index (χ4v) is 3.47. The van der Waals surface area contributed by atoms with Gasteiger partial charge in [-0.3, -0.25) is 4.79 Å². The third-order valence-corrected chi connectivity index (χ3v) is 4.32. The maximum Gasteiger partial charge on any atom is 0.302 e. The van der Waals surface area contributed by atoms with Crippen molar-refractivity contribution in [3.63, 3.8) is 0 Å². The minimum Gasteiger partial charge on any atom is -0.309 e. The molecule has 1 aliphatic rings. The van der Waals surface area contributed by atoms with Gasteiger partial charge in [0.2, 0.25) is 5.91 Å². The molecule has 19 heavy (non-hydrogen) atoms. The Kier molecular flexibility index (Phi) is 4.12. The van der Waals surface area contributed by atoms with Crippen LogP contribution >= 0.6 is 27.5 Å². The highest BCUT2D eigenvalue weighted by Gasteiger charge is 2.34. The molecule has 1 aliphatic heterocycles. The van der Waals surface area contributed by atoms with E-state index in [0.29, 0.717) is 10.3 Å². The van der Waals surface area contributed by atoms with Gasteiger partial charge in [0.25, 0.3) is 0 Å². The first kappa shape index (κ1) is 14.7. The Morgan fingerprint density at radius 2 is 2.21 bits per heavy atom. The summed E-state index contributed by atoms with van der Waals surface area (Å²) in [4.78, 5) is 17.1. The number of anilines is 1. The zero-order chi connectivity index (χ0) is 14.2. The van der Waals surface area contributed by atoms with Gasteiger partial charge in [-0.05, 0) is 28.1 Å². The number of hydrogen-bond donors (Lipinski definition) is 0. The predicted octanol–water partition coefficient (Wildman–Crippen LogP) is 2.15. The number of nitrogens with zero attached hydrogens (tertiary/aromatic N) is 2. The number of hydrogen-bond acceptors (Lipinski definition) is 4. The molecule has 2 heterocycles. The van der Waals surface area contributed by atoms with Crippen LogP contribution in [0, 0.1) is 5.92 Å². The van der Waals surface area contributed by atoms with Crippen molar-refractivity contribution < 1.29 is 17.1 Å². The summed E-state index contributed by atoms with van der Waals surface area (Å²) in [6, 6.07) is 3.22. The summed E-state index contributed by atoms with van der Waals surface area (Å²) in [5.74, 6) is -1.52. The predicted molar refractivity (Wildman–Crippen MR) is 72.3 cm³/mol. The summed E-state index contributed by atoms with van der Waals surface area (Å²) in [5, 5.41) is 0.131. The van der Waals surface area contributed by atoms with Crippen LogP contribution in [-0.4, -0.2) is 31.6 Å². The van der Waals surface area contributed by atoms with Crippen molar-refractivity contribution in [1.29, 1.82) is 0 Å². The molecule has 1 atom stereocenters. The minimum atomic E-state index is -4.59. The van der Waals surface area contributed by atoms with Gasteiger partial charge in [-0.15, -0.1) is 3.89 Å². The van der Waals surface area contributed by atoms with Crippen LogP contribution in [0.5, 0.6) is 0 Å². The van der Waals surface area contributed by atoms with Crippen molar-refractivity contribution in [3.8, 4) is 0 Å². The molecule has 1 fully saturated rings. The van der Waals surface area contributed by atoms with Crippen molar-refractivity contribution in [1.82, 2.24) is 4.98 Å². The second-order valence-corrected chi connectivity index (χ2v) is 6.81. The number of pyridine rings is 1. The van der Waals surface area contributed by atoms with Gasteiger partial charge in [-0.1, -0.05) is 11.6 Å². The third kappa shape index (κ3) is 3.64. The lowest BCUT2D eigenvalue weighted by molar-refractivity contribution is -0.117.